The summed E-state index contributed by atoms with van der Waals surface area (Å²) in [6.07, 6.45) is 0.696. The second-order valence-electron chi connectivity index (χ2n) is 6.33. The second-order valence-corrected chi connectivity index (χ2v) is 7.44. The van der Waals surface area contributed by atoms with Gasteiger partial charge in [-0.1, -0.05) is 48.0 Å². The number of anilines is 1. The highest BCUT2D eigenvalue weighted by Crippen LogP contribution is 2.35. The first-order valence-corrected chi connectivity index (χ1v) is 9.43. The third-order valence-corrected chi connectivity index (χ3v) is 5.56. The lowest BCUT2D eigenvalue weighted by Crippen LogP contribution is -2.14. The van der Waals surface area contributed by atoms with Crippen LogP contribution in [0, 0.1) is 13.8 Å². The van der Waals surface area contributed by atoms with Gasteiger partial charge >= 0.3 is 5.97 Å². The highest BCUT2D eigenvalue weighted by molar-refractivity contribution is 7.17. The molecular weight excluding hydrogens is 358 g/mol. The number of benzene rings is 2. The number of esters is 1. The van der Waals surface area contributed by atoms with Gasteiger partial charge in [0.15, 0.2) is 0 Å². The fourth-order valence-corrected chi connectivity index (χ4v) is 4.13. The van der Waals surface area contributed by atoms with Crippen LogP contribution in [0.3, 0.4) is 0 Å². The molecule has 0 saturated heterocycles. The van der Waals surface area contributed by atoms with Crippen molar-refractivity contribution in [3.63, 3.8) is 0 Å². The van der Waals surface area contributed by atoms with Crippen molar-refractivity contribution < 1.29 is 14.3 Å². The number of rotatable bonds is 5. The molecule has 0 aliphatic rings. The molecule has 27 heavy (non-hydrogen) atoms. The number of thiophene rings is 1. The summed E-state index contributed by atoms with van der Waals surface area (Å²) in [6, 6.07) is 17.4. The van der Waals surface area contributed by atoms with Crippen molar-refractivity contribution in [2.45, 2.75) is 20.3 Å². The predicted octanol–water partition coefficient (Wildman–Crippen LogP) is 4.99. The van der Waals surface area contributed by atoms with Gasteiger partial charge in [0.1, 0.15) is 5.00 Å². The molecule has 0 radical (unpaired) electrons. The van der Waals surface area contributed by atoms with Crippen molar-refractivity contribution >= 4 is 28.2 Å². The van der Waals surface area contributed by atoms with Crippen LogP contribution in [0.4, 0.5) is 5.00 Å². The summed E-state index contributed by atoms with van der Waals surface area (Å²) < 4.78 is 4.94. The maximum atomic E-state index is 12.7. The smallest absolute Gasteiger partial charge is 0.341 e. The van der Waals surface area contributed by atoms with Crippen LogP contribution in [0.15, 0.2) is 54.6 Å². The summed E-state index contributed by atoms with van der Waals surface area (Å²) in [7, 11) is 1.35. The highest BCUT2D eigenvalue weighted by atomic mass is 32.1. The van der Waals surface area contributed by atoms with E-state index in [9.17, 15) is 9.59 Å². The Kier molecular flexibility index (Phi) is 5.72. The molecule has 2 aromatic carbocycles. The van der Waals surface area contributed by atoms with E-state index in [1.54, 1.807) is 6.07 Å². The van der Waals surface area contributed by atoms with Crippen molar-refractivity contribution in [3.05, 3.63) is 87.3 Å². The van der Waals surface area contributed by atoms with Crippen LogP contribution < -0.4 is 5.32 Å². The quantitative estimate of drug-likeness (QED) is 0.635. The minimum Gasteiger partial charge on any atom is -0.465 e. The summed E-state index contributed by atoms with van der Waals surface area (Å²) in [4.78, 5) is 26.0. The maximum Gasteiger partial charge on any atom is 0.341 e. The van der Waals surface area contributed by atoms with E-state index in [0.717, 1.165) is 21.6 Å². The van der Waals surface area contributed by atoms with E-state index in [-0.39, 0.29) is 5.91 Å². The van der Waals surface area contributed by atoms with E-state index >= 15 is 0 Å². The molecule has 0 atom stereocenters. The number of ether oxygens (including phenoxy) is 1. The van der Waals surface area contributed by atoms with Crippen LogP contribution >= 0.6 is 11.3 Å². The third kappa shape index (κ3) is 4.26. The molecule has 5 heteroatoms. The maximum absolute atomic E-state index is 12.7. The van der Waals surface area contributed by atoms with Crippen LogP contribution in [-0.4, -0.2) is 19.0 Å². The molecule has 3 aromatic rings. The van der Waals surface area contributed by atoms with E-state index < -0.39 is 5.97 Å². The molecule has 0 saturated carbocycles. The number of aryl methyl sites for hydroxylation is 1. The molecule has 1 N–H and O–H groups in total. The van der Waals surface area contributed by atoms with Gasteiger partial charge < -0.3 is 10.1 Å². The minimum atomic E-state index is -0.442. The molecule has 0 bridgehead atoms. The van der Waals surface area contributed by atoms with Gasteiger partial charge in [-0.2, -0.15) is 0 Å². The fraction of sp³-hybridized carbons (Fsp3) is 0.182. The van der Waals surface area contributed by atoms with Crippen LogP contribution in [0.1, 0.15) is 42.3 Å². The number of carbonyl (C=O) groups is 2. The molecule has 138 valence electrons. The number of nitrogens with one attached hydrogen (secondary N) is 1. The van der Waals surface area contributed by atoms with Gasteiger partial charge in [-0.3, -0.25) is 4.79 Å². The Morgan fingerprint density at radius 2 is 1.78 bits per heavy atom. The molecule has 0 unspecified atom stereocenters. The van der Waals surface area contributed by atoms with Crippen molar-refractivity contribution in [1.29, 1.82) is 0 Å². The zero-order chi connectivity index (χ0) is 19.4. The summed E-state index contributed by atoms with van der Waals surface area (Å²) in [6.45, 7) is 3.83. The zero-order valence-corrected chi connectivity index (χ0v) is 16.4. The Hall–Kier alpha value is -2.92. The summed E-state index contributed by atoms with van der Waals surface area (Å²) in [5.74, 6) is -0.682. The SMILES string of the molecule is COC(=O)c1c(NC(=O)c2cccc(C)c2)sc(Cc2ccccc2)c1C. The first-order chi connectivity index (χ1) is 13.0. The largest absolute Gasteiger partial charge is 0.465 e. The van der Waals surface area contributed by atoms with Crippen LogP contribution in [0.2, 0.25) is 0 Å². The van der Waals surface area contributed by atoms with E-state index in [1.807, 2.05) is 62.4 Å². The molecular formula is C22H21NO3S. The Balaban J connectivity index is 1.94. The van der Waals surface area contributed by atoms with Crippen molar-refractivity contribution in [3.8, 4) is 0 Å². The number of carbonyl (C=O) groups excluding carboxylic acids is 2. The van der Waals surface area contributed by atoms with E-state index in [4.69, 9.17) is 4.74 Å². The van der Waals surface area contributed by atoms with Gasteiger partial charge in [-0.05, 0) is 37.1 Å². The molecule has 0 fully saturated rings. The Morgan fingerprint density at radius 3 is 2.44 bits per heavy atom. The topological polar surface area (TPSA) is 55.4 Å². The average molecular weight is 379 g/mol. The predicted molar refractivity (Wildman–Crippen MR) is 109 cm³/mol. The summed E-state index contributed by atoms with van der Waals surface area (Å²) in [5, 5.41) is 3.42. The standard InChI is InChI=1S/C22H21NO3S/c1-14-8-7-11-17(12-14)20(24)23-21-19(22(25)26-3)15(2)18(27-21)13-16-9-5-4-6-10-16/h4-12H,13H2,1-3H3,(H,23,24). The molecule has 4 nitrogen and oxygen atoms in total. The van der Waals surface area contributed by atoms with Crippen LogP contribution in [0.25, 0.3) is 0 Å². The van der Waals surface area contributed by atoms with Crippen molar-refractivity contribution in [1.82, 2.24) is 0 Å². The molecule has 3 rings (SSSR count). The third-order valence-electron chi connectivity index (χ3n) is 4.35. The summed E-state index contributed by atoms with van der Waals surface area (Å²) in [5.41, 5.74) is 3.98. The van der Waals surface area contributed by atoms with Gasteiger partial charge in [0.05, 0.1) is 12.7 Å². The number of hydrogen-bond acceptors (Lipinski definition) is 4. The van der Waals surface area contributed by atoms with Gasteiger partial charge in [-0.15, -0.1) is 11.3 Å². The lowest BCUT2D eigenvalue weighted by molar-refractivity contribution is 0.0601. The van der Waals surface area contributed by atoms with E-state index in [1.165, 1.54) is 18.4 Å². The van der Waals surface area contributed by atoms with Crippen LogP contribution in [0.5, 0.6) is 0 Å². The summed E-state index contributed by atoms with van der Waals surface area (Å²) >= 11 is 1.42. The minimum absolute atomic E-state index is 0.239. The Morgan fingerprint density at radius 1 is 1.04 bits per heavy atom. The lowest BCUT2D eigenvalue weighted by Gasteiger charge is -2.06. The number of amides is 1. The van der Waals surface area contributed by atoms with Crippen molar-refractivity contribution in [2.75, 3.05) is 12.4 Å². The zero-order valence-electron chi connectivity index (χ0n) is 15.5. The van der Waals surface area contributed by atoms with Gasteiger partial charge in [0.2, 0.25) is 0 Å². The monoisotopic (exact) mass is 379 g/mol. The molecule has 1 heterocycles. The second kappa shape index (κ2) is 8.18. The van der Waals surface area contributed by atoms with E-state index in [2.05, 4.69) is 5.32 Å². The van der Waals surface area contributed by atoms with E-state index in [0.29, 0.717) is 22.5 Å². The Bertz CT molecular complexity index is 976. The molecule has 1 amide bonds. The average Bonchev–Trinajstić information content (AvgIpc) is 2.97. The lowest BCUT2D eigenvalue weighted by atomic mass is 10.1. The van der Waals surface area contributed by atoms with Crippen molar-refractivity contribution in [2.24, 2.45) is 0 Å². The molecule has 1 aromatic heterocycles. The fourth-order valence-electron chi connectivity index (χ4n) is 2.91. The number of methoxy groups -OCH3 is 1. The molecule has 0 aliphatic heterocycles. The first kappa shape index (κ1) is 18.9. The van der Waals surface area contributed by atoms with Crippen LogP contribution in [-0.2, 0) is 11.2 Å². The Labute approximate surface area is 162 Å². The molecule has 0 aliphatic carbocycles. The first-order valence-electron chi connectivity index (χ1n) is 8.62. The highest BCUT2D eigenvalue weighted by Gasteiger charge is 2.23. The van der Waals surface area contributed by atoms with Gasteiger partial charge in [0, 0.05) is 16.9 Å². The number of hydrogen-bond donors (Lipinski definition) is 1. The van der Waals surface area contributed by atoms with Gasteiger partial charge in [-0.25, -0.2) is 4.79 Å². The van der Waals surface area contributed by atoms with Gasteiger partial charge in [0.25, 0.3) is 5.91 Å². The molecule has 0 spiro atoms. The normalized spacial score (nSPS) is 10.5.